The molecule has 43 heavy (non-hydrogen) atoms. The molecule has 0 aromatic heterocycles. The predicted molar refractivity (Wildman–Crippen MR) is 137 cm³/mol. The first-order valence-electron chi connectivity index (χ1n) is 12.1. The fraction of sp³-hybridized carbons (Fsp3) is 0.360. The van der Waals surface area contributed by atoms with Gasteiger partial charge in [-0.25, -0.2) is 9.59 Å². The van der Waals surface area contributed by atoms with Gasteiger partial charge in [-0.2, -0.15) is 26.3 Å². The molecule has 1 aliphatic rings. The Hall–Kier alpha value is -4.74. The van der Waals surface area contributed by atoms with E-state index in [2.05, 4.69) is 10.6 Å². The lowest BCUT2D eigenvalue weighted by molar-refractivity contribution is -0.193. The third kappa shape index (κ3) is 14.1. The Balaban J connectivity index is 0.000000548. The number of halogens is 6. The number of phenols is 1. The van der Waals surface area contributed by atoms with Gasteiger partial charge in [0.15, 0.2) is 11.5 Å². The molecule has 0 saturated carbocycles. The lowest BCUT2D eigenvalue weighted by atomic mass is 10.1. The van der Waals surface area contributed by atoms with Gasteiger partial charge in [-0.1, -0.05) is 0 Å². The molecule has 1 saturated heterocycles. The number of amides is 1. The molecule has 0 atom stereocenters. The minimum absolute atomic E-state index is 0.0503. The highest BCUT2D eigenvalue weighted by Gasteiger charge is 2.38. The lowest BCUT2D eigenvalue weighted by Crippen LogP contribution is -2.34. The number of rotatable bonds is 8. The number of carbonyl (C=O) groups is 3. The monoisotopic (exact) mass is 626 g/mol. The molecule has 8 N–H and O–H groups in total. The van der Waals surface area contributed by atoms with Gasteiger partial charge in [-0.05, 0) is 68.4 Å². The van der Waals surface area contributed by atoms with Crippen molar-refractivity contribution in [2.75, 3.05) is 26.2 Å². The van der Waals surface area contributed by atoms with Crippen molar-refractivity contribution in [2.24, 2.45) is 5.73 Å². The molecule has 0 unspecified atom stereocenters. The van der Waals surface area contributed by atoms with E-state index in [1.807, 2.05) is 0 Å². The number of piperidine rings is 1. The number of nitrogens with two attached hydrogens (primary N) is 1. The third-order valence-corrected chi connectivity index (χ3v) is 5.11. The number of carboxylic acids is 2. The van der Waals surface area contributed by atoms with Crippen LogP contribution < -0.4 is 25.8 Å². The zero-order chi connectivity index (χ0) is 32.8. The maximum absolute atomic E-state index is 12.3. The van der Waals surface area contributed by atoms with E-state index in [0.717, 1.165) is 31.7 Å². The average molecular weight is 627 g/mol. The van der Waals surface area contributed by atoms with Crippen LogP contribution in [0.5, 0.6) is 17.2 Å². The summed E-state index contributed by atoms with van der Waals surface area (Å²) in [6, 6.07) is 11.5. The minimum atomic E-state index is -5.08. The number of aliphatic carboxylic acids is 2. The zero-order valence-electron chi connectivity index (χ0n) is 22.1. The molecule has 3 rings (SSSR count). The van der Waals surface area contributed by atoms with Crippen LogP contribution >= 0.6 is 0 Å². The molecule has 0 radical (unpaired) electrons. The number of carboxylic acid groups (broad SMARTS) is 2. The van der Waals surface area contributed by atoms with Crippen LogP contribution in [-0.4, -0.2) is 83.7 Å². The maximum Gasteiger partial charge on any atom is 0.490 e. The molecule has 12 nitrogen and oxygen atoms in total. The van der Waals surface area contributed by atoms with Gasteiger partial charge in [0.05, 0.1) is 6.54 Å². The van der Waals surface area contributed by atoms with Gasteiger partial charge in [-0.15, -0.1) is 0 Å². The summed E-state index contributed by atoms with van der Waals surface area (Å²) >= 11 is 0. The molecular weight excluding hydrogens is 598 g/mol. The van der Waals surface area contributed by atoms with E-state index in [0.29, 0.717) is 11.1 Å². The van der Waals surface area contributed by atoms with E-state index in [-0.39, 0.29) is 42.5 Å². The summed E-state index contributed by atoms with van der Waals surface area (Å²) in [5.41, 5.74) is 6.42. The van der Waals surface area contributed by atoms with Crippen LogP contribution in [0, 0.1) is 5.41 Å². The molecule has 1 heterocycles. The standard InChI is InChI=1S/C21H26N4O4.2C2HF3O2/c22-20(23)15-3-6-18(26)19(13-15)28-12-11-25-21(27)14-1-4-16(5-2-14)29-17-7-9-24-10-8-17;2*3-2(4,5)1(6)7/h1-6,13,17,24,26H,7-12H2,(H3,22,23)(H,25,27);2*(H,6,7). The Labute approximate surface area is 239 Å². The molecule has 0 bridgehead atoms. The number of ether oxygens (including phenoxy) is 2. The molecule has 2 aromatic carbocycles. The number of alkyl halides is 6. The van der Waals surface area contributed by atoms with Gasteiger partial charge in [-0.3, -0.25) is 10.2 Å². The van der Waals surface area contributed by atoms with Gasteiger partial charge in [0, 0.05) is 11.1 Å². The Morgan fingerprint density at radius 3 is 1.88 bits per heavy atom. The van der Waals surface area contributed by atoms with Crippen LogP contribution in [0.3, 0.4) is 0 Å². The number of hydrogen-bond acceptors (Lipinski definition) is 8. The van der Waals surface area contributed by atoms with Crippen molar-refractivity contribution < 1.29 is 65.5 Å². The van der Waals surface area contributed by atoms with Gasteiger partial charge in [0.2, 0.25) is 0 Å². The number of aromatic hydroxyl groups is 1. The minimum Gasteiger partial charge on any atom is -0.504 e. The van der Waals surface area contributed by atoms with Crippen molar-refractivity contribution in [3.8, 4) is 17.2 Å². The molecule has 18 heteroatoms. The Morgan fingerprint density at radius 1 is 0.930 bits per heavy atom. The van der Waals surface area contributed by atoms with Crippen molar-refractivity contribution in [3.05, 3.63) is 53.6 Å². The van der Waals surface area contributed by atoms with Gasteiger partial charge in [0.25, 0.3) is 5.91 Å². The first kappa shape index (κ1) is 36.3. The summed E-state index contributed by atoms with van der Waals surface area (Å²) in [5.74, 6) is -4.92. The summed E-state index contributed by atoms with van der Waals surface area (Å²) in [6.07, 6.45) is -7.99. The quantitative estimate of drug-likeness (QED) is 0.0988. The van der Waals surface area contributed by atoms with Crippen LogP contribution in [-0.2, 0) is 9.59 Å². The summed E-state index contributed by atoms with van der Waals surface area (Å²) in [5, 5.41) is 37.5. The second kappa shape index (κ2) is 16.6. The van der Waals surface area contributed by atoms with Crippen molar-refractivity contribution in [1.82, 2.24) is 10.6 Å². The van der Waals surface area contributed by atoms with Crippen LogP contribution in [0.4, 0.5) is 26.3 Å². The Bertz CT molecular complexity index is 1210. The van der Waals surface area contributed by atoms with Crippen molar-refractivity contribution in [1.29, 1.82) is 5.41 Å². The van der Waals surface area contributed by atoms with Crippen molar-refractivity contribution >= 4 is 23.7 Å². The normalized spacial score (nSPS) is 13.3. The summed E-state index contributed by atoms with van der Waals surface area (Å²) in [6.45, 7) is 2.35. The van der Waals surface area contributed by atoms with Crippen LogP contribution in [0.15, 0.2) is 42.5 Å². The van der Waals surface area contributed by atoms with Crippen molar-refractivity contribution in [3.63, 3.8) is 0 Å². The number of hydrogen-bond donors (Lipinski definition) is 7. The highest BCUT2D eigenvalue weighted by Crippen LogP contribution is 2.26. The second-order valence-electron chi connectivity index (χ2n) is 8.40. The maximum atomic E-state index is 12.3. The topological polar surface area (TPSA) is 204 Å². The lowest BCUT2D eigenvalue weighted by Gasteiger charge is -2.23. The molecule has 1 amide bonds. The summed E-state index contributed by atoms with van der Waals surface area (Å²) in [4.78, 5) is 30.0. The molecular formula is C25H28F6N4O8. The number of amidine groups is 1. The fourth-order valence-corrected chi connectivity index (χ4v) is 3.02. The third-order valence-electron chi connectivity index (χ3n) is 5.11. The first-order chi connectivity index (χ1) is 19.9. The number of nitrogen functional groups attached to an aromatic ring is 1. The summed E-state index contributed by atoms with van der Waals surface area (Å²) in [7, 11) is 0. The first-order valence-corrected chi connectivity index (χ1v) is 12.1. The second-order valence-corrected chi connectivity index (χ2v) is 8.40. The number of nitrogens with one attached hydrogen (secondary N) is 3. The highest BCUT2D eigenvalue weighted by molar-refractivity contribution is 5.95. The van der Waals surface area contributed by atoms with E-state index in [1.165, 1.54) is 18.2 Å². The predicted octanol–water partition coefficient (Wildman–Crippen LogP) is 2.88. The highest BCUT2D eigenvalue weighted by atomic mass is 19.4. The van der Waals surface area contributed by atoms with E-state index in [4.69, 9.17) is 40.4 Å². The molecule has 2 aromatic rings. The molecule has 238 valence electrons. The van der Waals surface area contributed by atoms with Crippen LogP contribution in [0.1, 0.15) is 28.8 Å². The molecule has 1 aliphatic heterocycles. The average Bonchev–Trinajstić information content (AvgIpc) is 2.92. The molecule has 1 fully saturated rings. The van der Waals surface area contributed by atoms with Gasteiger partial charge in [0.1, 0.15) is 24.3 Å². The van der Waals surface area contributed by atoms with Gasteiger partial charge >= 0.3 is 24.3 Å². The number of phenolic OH excluding ortho intramolecular Hbond substituents is 1. The number of carbonyl (C=O) groups excluding carboxylic acids is 1. The van der Waals surface area contributed by atoms with E-state index >= 15 is 0 Å². The van der Waals surface area contributed by atoms with E-state index < -0.39 is 24.3 Å². The van der Waals surface area contributed by atoms with Crippen molar-refractivity contribution in [2.45, 2.75) is 31.3 Å². The zero-order valence-corrected chi connectivity index (χ0v) is 22.1. The van der Waals surface area contributed by atoms with E-state index in [9.17, 15) is 36.2 Å². The summed E-state index contributed by atoms with van der Waals surface area (Å²) < 4.78 is 74.9. The largest absolute Gasteiger partial charge is 0.504 e. The fourth-order valence-electron chi connectivity index (χ4n) is 3.02. The SMILES string of the molecule is N=C(N)c1ccc(O)c(OCCNC(=O)c2ccc(OC3CCNCC3)cc2)c1.O=C(O)C(F)(F)F.O=C(O)C(F)(F)F. The Kier molecular flexibility index (Phi) is 14.0. The number of benzene rings is 2. The van der Waals surface area contributed by atoms with Crippen LogP contribution in [0.2, 0.25) is 0 Å². The molecule has 0 spiro atoms. The molecule has 0 aliphatic carbocycles. The van der Waals surface area contributed by atoms with E-state index in [1.54, 1.807) is 24.3 Å². The van der Waals surface area contributed by atoms with Crippen LogP contribution in [0.25, 0.3) is 0 Å². The van der Waals surface area contributed by atoms with Gasteiger partial charge < -0.3 is 41.2 Å². The smallest absolute Gasteiger partial charge is 0.490 e. The Morgan fingerprint density at radius 2 is 1.42 bits per heavy atom.